The average molecular weight is 258 g/mol. The molecule has 0 bridgehead atoms. The molecule has 0 fully saturated rings. The van der Waals surface area contributed by atoms with Crippen LogP contribution in [0.5, 0.6) is 5.75 Å². The predicted octanol–water partition coefficient (Wildman–Crippen LogP) is 2.67. The van der Waals surface area contributed by atoms with Crippen molar-refractivity contribution >= 4 is 34.8 Å². The van der Waals surface area contributed by atoms with E-state index in [0.717, 1.165) is 30.6 Å². The van der Waals surface area contributed by atoms with Crippen molar-refractivity contribution in [3.63, 3.8) is 0 Å². The van der Waals surface area contributed by atoms with Crippen LogP contribution < -0.4 is 9.64 Å². The fourth-order valence-electron chi connectivity index (χ4n) is 2.27. The molecule has 0 radical (unpaired) electrons. The second-order valence-corrected chi connectivity index (χ2v) is 4.75. The molecule has 0 aromatic heterocycles. The highest BCUT2D eigenvalue weighted by Gasteiger charge is 2.33. The zero-order valence-electron chi connectivity index (χ0n) is 8.43. The second kappa shape index (κ2) is 3.54. The Morgan fingerprint density at radius 2 is 2.12 bits per heavy atom. The van der Waals surface area contributed by atoms with Crippen LogP contribution in [0.2, 0.25) is 10.0 Å². The summed E-state index contributed by atoms with van der Waals surface area (Å²) in [4.78, 5) is 13.4. The molecule has 5 heteroatoms. The number of hydrogen-bond acceptors (Lipinski definition) is 2. The first-order chi connectivity index (χ1) is 7.68. The molecular weight excluding hydrogens is 249 g/mol. The lowest BCUT2D eigenvalue weighted by atomic mass is 10.00. The van der Waals surface area contributed by atoms with Crippen LogP contribution in [0.3, 0.4) is 0 Å². The first-order valence-electron chi connectivity index (χ1n) is 5.12. The Hall–Kier alpha value is -0.930. The molecular formula is C11H9Cl2NO2. The summed E-state index contributed by atoms with van der Waals surface area (Å²) >= 11 is 12.2. The van der Waals surface area contributed by atoms with Gasteiger partial charge in [0, 0.05) is 11.6 Å². The Balaban J connectivity index is 2.29. The van der Waals surface area contributed by atoms with Gasteiger partial charge in [-0.05, 0) is 24.5 Å². The summed E-state index contributed by atoms with van der Waals surface area (Å²) in [6.45, 7) is 0.784. The maximum Gasteiger partial charge on any atom is 0.265 e. The van der Waals surface area contributed by atoms with Crippen molar-refractivity contribution in [1.29, 1.82) is 0 Å². The summed E-state index contributed by atoms with van der Waals surface area (Å²) in [7, 11) is 0. The second-order valence-electron chi connectivity index (χ2n) is 3.93. The number of amides is 1. The van der Waals surface area contributed by atoms with E-state index in [0.29, 0.717) is 15.8 Å². The molecule has 1 aromatic carbocycles. The number of carbonyl (C=O) groups excluding carboxylic acids is 1. The van der Waals surface area contributed by atoms with Gasteiger partial charge in [0.2, 0.25) is 0 Å². The van der Waals surface area contributed by atoms with E-state index < -0.39 is 0 Å². The van der Waals surface area contributed by atoms with Crippen LogP contribution in [0.4, 0.5) is 5.69 Å². The zero-order valence-corrected chi connectivity index (χ0v) is 9.94. The monoisotopic (exact) mass is 257 g/mol. The van der Waals surface area contributed by atoms with Crippen LogP contribution in [0.1, 0.15) is 12.0 Å². The molecule has 2 aliphatic rings. The van der Waals surface area contributed by atoms with E-state index in [2.05, 4.69) is 0 Å². The summed E-state index contributed by atoms with van der Waals surface area (Å²) in [6, 6.07) is 1.69. The van der Waals surface area contributed by atoms with Gasteiger partial charge in [-0.15, -0.1) is 0 Å². The molecule has 3 nitrogen and oxygen atoms in total. The molecule has 2 aliphatic heterocycles. The minimum absolute atomic E-state index is 0.0215. The topological polar surface area (TPSA) is 29.5 Å². The number of rotatable bonds is 0. The third-order valence-electron chi connectivity index (χ3n) is 2.98. The lowest BCUT2D eigenvalue weighted by molar-refractivity contribution is -0.121. The fourth-order valence-corrected chi connectivity index (χ4v) is 2.88. The van der Waals surface area contributed by atoms with E-state index >= 15 is 0 Å². The summed E-state index contributed by atoms with van der Waals surface area (Å²) in [5.41, 5.74) is 1.75. The van der Waals surface area contributed by atoms with Crippen LogP contribution in [-0.4, -0.2) is 19.1 Å². The highest BCUT2D eigenvalue weighted by molar-refractivity contribution is 6.37. The van der Waals surface area contributed by atoms with Crippen molar-refractivity contribution in [1.82, 2.24) is 0 Å². The minimum Gasteiger partial charge on any atom is -0.480 e. The SMILES string of the molecule is O=C1COc2c(Cl)cc(Cl)c3c2N1CCC3. The summed E-state index contributed by atoms with van der Waals surface area (Å²) in [5, 5.41) is 1.09. The van der Waals surface area contributed by atoms with Gasteiger partial charge in [0.15, 0.2) is 12.4 Å². The molecule has 2 heterocycles. The lowest BCUT2D eigenvalue weighted by Gasteiger charge is -2.35. The van der Waals surface area contributed by atoms with Crippen LogP contribution in [-0.2, 0) is 11.2 Å². The van der Waals surface area contributed by atoms with Gasteiger partial charge in [0.05, 0.1) is 10.7 Å². The molecule has 84 valence electrons. The van der Waals surface area contributed by atoms with Gasteiger partial charge in [0.25, 0.3) is 5.91 Å². The van der Waals surface area contributed by atoms with Crippen molar-refractivity contribution in [2.24, 2.45) is 0 Å². The maximum atomic E-state index is 11.7. The molecule has 16 heavy (non-hydrogen) atoms. The van der Waals surface area contributed by atoms with Crippen LogP contribution >= 0.6 is 23.2 Å². The smallest absolute Gasteiger partial charge is 0.265 e. The largest absolute Gasteiger partial charge is 0.480 e. The molecule has 1 amide bonds. The number of benzene rings is 1. The Morgan fingerprint density at radius 1 is 1.31 bits per heavy atom. The number of halogens is 2. The Kier molecular flexibility index (Phi) is 2.26. The minimum atomic E-state index is -0.0215. The summed E-state index contributed by atoms with van der Waals surface area (Å²) in [5.74, 6) is 0.576. The molecule has 0 aliphatic carbocycles. The van der Waals surface area contributed by atoms with Crippen LogP contribution in [0.15, 0.2) is 6.07 Å². The number of nitrogens with zero attached hydrogens (tertiary/aromatic N) is 1. The third-order valence-corrected chi connectivity index (χ3v) is 3.60. The average Bonchev–Trinajstić information content (AvgIpc) is 2.27. The normalized spacial score (nSPS) is 18.1. The Morgan fingerprint density at radius 3 is 2.94 bits per heavy atom. The Bertz CT molecular complexity index is 467. The van der Waals surface area contributed by atoms with Gasteiger partial charge >= 0.3 is 0 Å². The van der Waals surface area contributed by atoms with Gasteiger partial charge in [0.1, 0.15) is 0 Å². The van der Waals surface area contributed by atoms with Gasteiger partial charge in [-0.3, -0.25) is 4.79 Å². The van der Waals surface area contributed by atoms with Gasteiger partial charge < -0.3 is 9.64 Å². The maximum absolute atomic E-state index is 11.7. The van der Waals surface area contributed by atoms with Crippen LogP contribution in [0, 0.1) is 0 Å². The van der Waals surface area contributed by atoms with Gasteiger partial charge in [-0.25, -0.2) is 0 Å². The van der Waals surface area contributed by atoms with Crippen molar-refractivity contribution < 1.29 is 9.53 Å². The molecule has 0 spiro atoms. The molecule has 3 rings (SSSR count). The van der Waals surface area contributed by atoms with Gasteiger partial charge in [-0.1, -0.05) is 23.2 Å². The highest BCUT2D eigenvalue weighted by atomic mass is 35.5. The van der Waals surface area contributed by atoms with E-state index in [1.54, 1.807) is 11.0 Å². The molecule has 0 atom stereocenters. The summed E-state index contributed by atoms with van der Waals surface area (Å²) < 4.78 is 5.39. The van der Waals surface area contributed by atoms with E-state index in [1.807, 2.05) is 0 Å². The number of carbonyl (C=O) groups is 1. The molecule has 1 aromatic rings. The van der Waals surface area contributed by atoms with E-state index in [9.17, 15) is 4.79 Å². The highest BCUT2D eigenvalue weighted by Crippen LogP contribution is 2.46. The zero-order chi connectivity index (χ0) is 11.3. The predicted molar refractivity (Wildman–Crippen MR) is 62.6 cm³/mol. The molecule has 0 unspecified atom stereocenters. The first kappa shape index (κ1) is 10.2. The first-order valence-corrected chi connectivity index (χ1v) is 5.88. The Labute approximate surface area is 103 Å². The van der Waals surface area contributed by atoms with Crippen molar-refractivity contribution in [3.8, 4) is 5.75 Å². The molecule has 0 saturated carbocycles. The number of anilines is 1. The van der Waals surface area contributed by atoms with Crippen LogP contribution in [0.25, 0.3) is 0 Å². The summed E-state index contributed by atoms with van der Waals surface area (Å²) in [6.07, 6.45) is 1.80. The third kappa shape index (κ3) is 1.31. The van der Waals surface area contributed by atoms with E-state index in [1.165, 1.54) is 0 Å². The lowest BCUT2D eigenvalue weighted by Crippen LogP contribution is -2.42. The number of hydrogen-bond donors (Lipinski definition) is 0. The van der Waals surface area contributed by atoms with E-state index in [4.69, 9.17) is 27.9 Å². The van der Waals surface area contributed by atoms with Crippen molar-refractivity contribution in [2.75, 3.05) is 18.1 Å². The van der Waals surface area contributed by atoms with Crippen molar-refractivity contribution in [3.05, 3.63) is 21.7 Å². The quantitative estimate of drug-likeness (QED) is 0.716. The number of ether oxygens (including phenoxy) is 1. The fraction of sp³-hybridized carbons (Fsp3) is 0.364. The van der Waals surface area contributed by atoms with Crippen molar-refractivity contribution in [2.45, 2.75) is 12.8 Å². The van der Waals surface area contributed by atoms with E-state index in [-0.39, 0.29) is 12.5 Å². The molecule has 0 N–H and O–H groups in total. The van der Waals surface area contributed by atoms with Gasteiger partial charge in [-0.2, -0.15) is 0 Å². The molecule has 0 saturated heterocycles. The standard InChI is InChI=1S/C11H9Cl2NO2/c12-7-4-8(13)11-10-6(7)2-1-3-14(10)9(15)5-16-11/h4H,1-3,5H2.